The van der Waals surface area contributed by atoms with Crippen LogP contribution in [0.15, 0.2) is 54.9 Å². The fourth-order valence-electron chi connectivity index (χ4n) is 3.03. The van der Waals surface area contributed by atoms with Gasteiger partial charge in [-0.25, -0.2) is 0 Å². The fourth-order valence-corrected chi connectivity index (χ4v) is 3.16. The van der Waals surface area contributed by atoms with Gasteiger partial charge in [-0.1, -0.05) is 29.8 Å². The number of benzene rings is 2. The Morgan fingerprint density at radius 3 is 2.79 bits per heavy atom. The van der Waals surface area contributed by atoms with E-state index in [1.165, 1.54) is 13.1 Å². The van der Waals surface area contributed by atoms with Crippen LogP contribution in [0.1, 0.15) is 18.1 Å². The lowest BCUT2D eigenvalue weighted by Crippen LogP contribution is -2.56. The number of carbonyl (C=O) groups excluding carboxylic acids is 2. The number of aryl methyl sites for hydroxylation is 1. The number of nitrogens with one attached hydrogen (secondary N) is 2. The van der Waals surface area contributed by atoms with Gasteiger partial charge < -0.3 is 15.4 Å². The first kappa shape index (κ1) is 19.0. The van der Waals surface area contributed by atoms with Gasteiger partial charge in [0.05, 0.1) is 24.1 Å². The van der Waals surface area contributed by atoms with Crippen molar-refractivity contribution in [2.45, 2.75) is 26.0 Å². The molecule has 0 spiro atoms. The Morgan fingerprint density at radius 1 is 1.28 bits per heavy atom. The van der Waals surface area contributed by atoms with Gasteiger partial charge in [0.1, 0.15) is 5.75 Å². The molecule has 0 bridgehead atoms. The summed E-state index contributed by atoms with van der Waals surface area (Å²) in [5.41, 5.74) is 1.32. The van der Waals surface area contributed by atoms with Gasteiger partial charge >= 0.3 is 0 Å². The van der Waals surface area contributed by atoms with Crippen LogP contribution in [-0.2, 0) is 16.1 Å². The Balaban J connectivity index is 1.47. The van der Waals surface area contributed by atoms with Crippen molar-refractivity contribution in [3.63, 3.8) is 0 Å². The van der Waals surface area contributed by atoms with E-state index in [2.05, 4.69) is 15.7 Å². The molecule has 2 aromatic carbocycles. The van der Waals surface area contributed by atoms with Crippen molar-refractivity contribution in [3.05, 3.63) is 71.0 Å². The van der Waals surface area contributed by atoms with Gasteiger partial charge in [0.2, 0.25) is 0 Å². The van der Waals surface area contributed by atoms with Crippen LogP contribution < -0.4 is 15.4 Å². The molecule has 2 N–H and O–H groups in total. The molecule has 148 valence electrons. The zero-order valence-corrected chi connectivity index (χ0v) is 16.7. The maximum absolute atomic E-state index is 12.8. The second-order valence-corrected chi connectivity index (χ2v) is 7.53. The number of nitrogens with zero attached hydrogens (tertiary/aromatic N) is 2. The highest BCUT2D eigenvalue weighted by Gasteiger charge is 2.47. The number of carbonyl (C=O) groups is 2. The number of anilines is 2. The van der Waals surface area contributed by atoms with Gasteiger partial charge in [0, 0.05) is 11.2 Å². The van der Waals surface area contributed by atoms with Crippen molar-refractivity contribution in [1.29, 1.82) is 0 Å². The number of hydrogen-bond donors (Lipinski definition) is 2. The van der Waals surface area contributed by atoms with Crippen molar-refractivity contribution < 1.29 is 14.3 Å². The summed E-state index contributed by atoms with van der Waals surface area (Å²) in [5.74, 6) is -0.653. The number of rotatable bonds is 4. The lowest BCUT2D eigenvalue weighted by molar-refractivity contribution is -0.143. The molecule has 0 radical (unpaired) electrons. The molecule has 0 saturated heterocycles. The van der Waals surface area contributed by atoms with Crippen LogP contribution in [0.25, 0.3) is 0 Å². The van der Waals surface area contributed by atoms with E-state index in [0.717, 1.165) is 11.1 Å². The van der Waals surface area contributed by atoms with Crippen LogP contribution in [0.4, 0.5) is 11.4 Å². The van der Waals surface area contributed by atoms with E-state index >= 15 is 0 Å². The van der Waals surface area contributed by atoms with E-state index in [1.807, 2.05) is 37.3 Å². The SMILES string of the molecule is Cc1ccc2c(c1)NC(=O)C(C)(C(=O)Nc1cnn(Cc3ccc(Cl)cc3)c1)O2. The van der Waals surface area contributed by atoms with Crippen LogP contribution in [0.3, 0.4) is 0 Å². The van der Waals surface area contributed by atoms with Crippen molar-refractivity contribution in [2.75, 3.05) is 10.6 Å². The van der Waals surface area contributed by atoms with Gasteiger partial charge in [-0.3, -0.25) is 14.3 Å². The van der Waals surface area contributed by atoms with Crippen molar-refractivity contribution in [2.24, 2.45) is 0 Å². The van der Waals surface area contributed by atoms with E-state index in [4.69, 9.17) is 16.3 Å². The summed E-state index contributed by atoms with van der Waals surface area (Å²) in [6, 6.07) is 12.8. The third kappa shape index (κ3) is 3.82. The van der Waals surface area contributed by atoms with Crippen LogP contribution in [-0.4, -0.2) is 27.2 Å². The van der Waals surface area contributed by atoms with E-state index in [1.54, 1.807) is 23.0 Å². The Hall–Kier alpha value is -3.32. The standard InChI is InChI=1S/C21H19ClN4O3/c1-13-3-8-18-17(9-13)25-20(28)21(2,29-18)19(27)24-16-10-23-26(12-16)11-14-4-6-15(22)7-5-14/h3-10,12H,11H2,1-2H3,(H,24,27)(H,25,28). The molecule has 8 heteroatoms. The maximum Gasteiger partial charge on any atom is 0.278 e. The first-order valence-electron chi connectivity index (χ1n) is 9.03. The minimum absolute atomic E-state index is 0.450. The third-order valence-electron chi connectivity index (χ3n) is 4.71. The summed E-state index contributed by atoms with van der Waals surface area (Å²) < 4.78 is 7.45. The molecule has 4 rings (SSSR count). The molecular weight excluding hydrogens is 392 g/mol. The van der Waals surface area contributed by atoms with Gasteiger partial charge in [-0.05, 0) is 49.2 Å². The number of amides is 2. The summed E-state index contributed by atoms with van der Waals surface area (Å²) >= 11 is 5.90. The maximum atomic E-state index is 12.8. The number of fused-ring (bicyclic) bond motifs is 1. The summed E-state index contributed by atoms with van der Waals surface area (Å²) in [6.07, 6.45) is 3.21. The smallest absolute Gasteiger partial charge is 0.278 e. The normalized spacial score (nSPS) is 17.8. The largest absolute Gasteiger partial charge is 0.466 e. The molecule has 2 heterocycles. The first-order valence-corrected chi connectivity index (χ1v) is 9.41. The molecule has 29 heavy (non-hydrogen) atoms. The molecular formula is C21H19ClN4O3. The van der Waals surface area contributed by atoms with Crippen LogP contribution >= 0.6 is 11.6 Å². The molecule has 0 aliphatic carbocycles. The Bertz CT molecular complexity index is 1090. The Labute approximate surface area is 172 Å². The van der Waals surface area contributed by atoms with E-state index < -0.39 is 17.4 Å². The second kappa shape index (κ2) is 7.25. The van der Waals surface area contributed by atoms with Crippen LogP contribution in [0.2, 0.25) is 5.02 Å². The Morgan fingerprint density at radius 2 is 2.03 bits per heavy atom. The summed E-state index contributed by atoms with van der Waals surface area (Å²) in [6.45, 7) is 3.88. The van der Waals surface area contributed by atoms with Gasteiger partial charge in [0.15, 0.2) is 0 Å². The van der Waals surface area contributed by atoms with E-state index in [-0.39, 0.29) is 0 Å². The first-order chi connectivity index (χ1) is 13.8. The van der Waals surface area contributed by atoms with Crippen LogP contribution in [0, 0.1) is 6.92 Å². The van der Waals surface area contributed by atoms with Crippen molar-refractivity contribution in [3.8, 4) is 5.75 Å². The second-order valence-electron chi connectivity index (χ2n) is 7.10. The topological polar surface area (TPSA) is 85.3 Å². The zero-order chi connectivity index (χ0) is 20.6. The van der Waals surface area contributed by atoms with Crippen molar-refractivity contribution >= 4 is 34.8 Å². The average molecular weight is 411 g/mol. The number of hydrogen-bond acceptors (Lipinski definition) is 4. The van der Waals surface area contributed by atoms with Gasteiger partial charge in [-0.15, -0.1) is 0 Å². The summed E-state index contributed by atoms with van der Waals surface area (Å²) in [4.78, 5) is 25.4. The molecule has 0 saturated carbocycles. The summed E-state index contributed by atoms with van der Waals surface area (Å²) in [5, 5.41) is 10.4. The Kier molecular flexibility index (Phi) is 4.76. The predicted octanol–water partition coefficient (Wildman–Crippen LogP) is 3.62. The number of ether oxygens (including phenoxy) is 1. The molecule has 0 fully saturated rings. The minimum Gasteiger partial charge on any atom is -0.466 e. The minimum atomic E-state index is -1.69. The molecule has 7 nitrogen and oxygen atoms in total. The molecule has 2 amide bonds. The molecule has 3 aromatic rings. The highest BCUT2D eigenvalue weighted by molar-refractivity contribution is 6.30. The highest BCUT2D eigenvalue weighted by Crippen LogP contribution is 2.34. The van der Waals surface area contributed by atoms with E-state index in [9.17, 15) is 9.59 Å². The summed E-state index contributed by atoms with van der Waals surface area (Å²) in [7, 11) is 0. The number of aromatic nitrogens is 2. The lowest BCUT2D eigenvalue weighted by Gasteiger charge is -2.33. The van der Waals surface area contributed by atoms with Crippen molar-refractivity contribution in [1.82, 2.24) is 9.78 Å². The lowest BCUT2D eigenvalue weighted by atomic mass is 10.0. The third-order valence-corrected chi connectivity index (χ3v) is 4.96. The fraction of sp³-hybridized carbons (Fsp3) is 0.190. The molecule has 1 atom stereocenters. The highest BCUT2D eigenvalue weighted by atomic mass is 35.5. The molecule has 1 aliphatic rings. The van der Waals surface area contributed by atoms with Gasteiger partial charge in [-0.2, -0.15) is 5.10 Å². The quantitative estimate of drug-likeness (QED) is 0.643. The molecule has 1 aliphatic heterocycles. The zero-order valence-electron chi connectivity index (χ0n) is 15.9. The van der Waals surface area contributed by atoms with E-state index in [0.29, 0.717) is 28.7 Å². The molecule has 1 aromatic heterocycles. The predicted molar refractivity (Wildman–Crippen MR) is 110 cm³/mol. The number of halogens is 1. The molecule has 1 unspecified atom stereocenters. The average Bonchev–Trinajstić information content (AvgIpc) is 3.11. The van der Waals surface area contributed by atoms with Crippen LogP contribution in [0.5, 0.6) is 5.75 Å². The van der Waals surface area contributed by atoms with Gasteiger partial charge in [0.25, 0.3) is 17.4 Å². The monoisotopic (exact) mass is 410 g/mol.